The van der Waals surface area contributed by atoms with Crippen molar-refractivity contribution >= 4 is 29.0 Å². The van der Waals surface area contributed by atoms with E-state index in [1.165, 1.54) is 34.8 Å². The molecule has 0 aliphatic carbocycles. The van der Waals surface area contributed by atoms with E-state index in [2.05, 4.69) is 20.6 Å². The molecule has 4 rings (SSSR count). The van der Waals surface area contributed by atoms with Gasteiger partial charge in [-0.05, 0) is 55.0 Å². The second kappa shape index (κ2) is 9.18. The van der Waals surface area contributed by atoms with Crippen LogP contribution in [0.15, 0.2) is 65.7 Å². The summed E-state index contributed by atoms with van der Waals surface area (Å²) in [7, 11) is 0. The maximum atomic E-state index is 13.2. The second-order valence-electron chi connectivity index (χ2n) is 7.02. The van der Waals surface area contributed by atoms with Gasteiger partial charge in [0.15, 0.2) is 11.5 Å². The van der Waals surface area contributed by atoms with E-state index in [-0.39, 0.29) is 11.5 Å². The standard InChI is InChI=1S/C22H17F4N5OS/c1-2-17(21(32)27-16-6-4-3-5-15(16)22(24,25)26)33-19-12-11-18-28-29-20(31(18)30-19)13-7-9-14(23)10-8-13/h3-12,17H,2H2,1H3,(H,27,32). The van der Waals surface area contributed by atoms with Gasteiger partial charge < -0.3 is 5.32 Å². The molecular formula is C22H17F4N5OS. The Balaban J connectivity index is 1.57. The Kier molecular flexibility index (Phi) is 6.32. The van der Waals surface area contributed by atoms with Crippen molar-refractivity contribution in [3.8, 4) is 11.4 Å². The number of thioether (sulfide) groups is 1. The molecule has 33 heavy (non-hydrogen) atoms. The lowest BCUT2D eigenvalue weighted by atomic mass is 10.1. The SMILES string of the molecule is CCC(Sc1ccc2nnc(-c3ccc(F)cc3)n2n1)C(=O)Nc1ccccc1C(F)(F)F. The fraction of sp³-hybridized carbons (Fsp3) is 0.182. The number of alkyl halides is 3. The van der Waals surface area contributed by atoms with E-state index < -0.39 is 22.9 Å². The van der Waals surface area contributed by atoms with Crippen LogP contribution < -0.4 is 5.32 Å². The number of anilines is 1. The molecule has 0 aliphatic heterocycles. The quantitative estimate of drug-likeness (QED) is 0.296. The van der Waals surface area contributed by atoms with Crippen LogP contribution in [-0.2, 0) is 11.0 Å². The number of benzene rings is 2. The van der Waals surface area contributed by atoms with Crippen LogP contribution >= 0.6 is 11.8 Å². The summed E-state index contributed by atoms with van der Waals surface area (Å²) in [6.45, 7) is 1.76. The monoisotopic (exact) mass is 475 g/mol. The number of fused-ring (bicyclic) bond motifs is 1. The highest BCUT2D eigenvalue weighted by Gasteiger charge is 2.34. The van der Waals surface area contributed by atoms with Crippen molar-refractivity contribution in [2.24, 2.45) is 0 Å². The summed E-state index contributed by atoms with van der Waals surface area (Å²) in [5.74, 6) is -0.562. The number of para-hydroxylation sites is 1. The molecule has 170 valence electrons. The van der Waals surface area contributed by atoms with Crippen LogP contribution in [0.4, 0.5) is 23.2 Å². The number of hydrogen-bond donors (Lipinski definition) is 1. The van der Waals surface area contributed by atoms with Crippen molar-refractivity contribution in [2.75, 3.05) is 5.32 Å². The fourth-order valence-electron chi connectivity index (χ4n) is 3.13. The van der Waals surface area contributed by atoms with Crippen molar-refractivity contribution in [2.45, 2.75) is 29.8 Å². The lowest BCUT2D eigenvalue weighted by Gasteiger charge is -2.17. The maximum absolute atomic E-state index is 13.2. The fourth-order valence-corrected chi connectivity index (χ4v) is 4.03. The van der Waals surface area contributed by atoms with Gasteiger partial charge in [-0.1, -0.05) is 30.8 Å². The third kappa shape index (κ3) is 4.98. The van der Waals surface area contributed by atoms with E-state index in [9.17, 15) is 22.4 Å². The van der Waals surface area contributed by atoms with E-state index in [1.54, 1.807) is 31.2 Å². The molecule has 6 nitrogen and oxygen atoms in total. The molecule has 1 atom stereocenters. The predicted molar refractivity (Wildman–Crippen MR) is 116 cm³/mol. The molecule has 1 N–H and O–H groups in total. The zero-order valence-electron chi connectivity index (χ0n) is 17.2. The number of rotatable bonds is 6. The largest absolute Gasteiger partial charge is 0.418 e. The molecule has 0 saturated heterocycles. The van der Waals surface area contributed by atoms with Crippen LogP contribution in [0.5, 0.6) is 0 Å². The molecule has 2 aromatic heterocycles. The first kappa shape index (κ1) is 22.7. The third-order valence-corrected chi connectivity index (χ3v) is 6.05. The second-order valence-corrected chi connectivity index (χ2v) is 8.24. The molecule has 0 aliphatic rings. The van der Waals surface area contributed by atoms with Crippen molar-refractivity contribution < 1.29 is 22.4 Å². The summed E-state index contributed by atoms with van der Waals surface area (Å²) in [5.41, 5.74) is -0.150. The van der Waals surface area contributed by atoms with Gasteiger partial charge in [-0.3, -0.25) is 4.79 Å². The molecule has 0 radical (unpaired) electrons. The molecule has 1 amide bonds. The first-order valence-electron chi connectivity index (χ1n) is 9.88. The number of nitrogens with one attached hydrogen (secondary N) is 1. The number of halogens is 4. The number of nitrogens with zero attached hydrogens (tertiary/aromatic N) is 4. The zero-order chi connectivity index (χ0) is 23.6. The molecule has 2 heterocycles. The highest BCUT2D eigenvalue weighted by molar-refractivity contribution is 8.00. The molecule has 4 aromatic rings. The average molecular weight is 475 g/mol. The van der Waals surface area contributed by atoms with Gasteiger partial charge in [0.2, 0.25) is 5.91 Å². The van der Waals surface area contributed by atoms with Gasteiger partial charge in [0.1, 0.15) is 10.8 Å². The van der Waals surface area contributed by atoms with Crippen LogP contribution in [-0.4, -0.2) is 31.0 Å². The Morgan fingerprint density at radius 1 is 1.06 bits per heavy atom. The normalized spacial score (nSPS) is 12.6. The lowest BCUT2D eigenvalue weighted by molar-refractivity contribution is -0.137. The van der Waals surface area contributed by atoms with Gasteiger partial charge in [0, 0.05) is 5.56 Å². The van der Waals surface area contributed by atoms with E-state index in [4.69, 9.17) is 0 Å². The molecule has 1 unspecified atom stereocenters. The third-order valence-electron chi connectivity index (χ3n) is 4.76. The van der Waals surface area contributed by atoms with Crippen LogP contribution in [0.1, 0.15) is 18.9 Å². The Morgan fingerprint density at radius 2 is 1.79 bits per heavy atom. The highest BCUT2D eigenvalue weighted by Crippen LogP contribution is 2.35. The minimum Gasteiger partial charge on any atom is -0.325 e. The van der Waals surface area contributed by atoms with E-state index >= 15 is 0 Å². The number of aromatic nitrogens is 4. The van der Waals surface area contributed by atoms with Gasteiger partial charge in [-0.15, -0.1) is 10.2 Å². The minimum atomic E-state index is -4.59. The lowest BCUT2D eigenvalue weighted by Crippen LogP contribution is -2.26. The maximum Gasteiger partial charge on any atom is 0.418 e. The number of hydrogen-bond acceptors (Lipinski definition) is 5. The zero-order valence-corrected chi connectivity index (χ0v) is 18.0. The summed E-state index contributed by atoms with van der Waals surface area (Å²) >= 11 is 1.11. The Labute approximate surface area is 190 Å². The molecule has 0 spiro atoms. The van der Waals surface area contributed by atoms with E-state index in [1.807, 2.05) is 0 Å². The molecule has 0 saturated carbocycles. The van der Waals surface area contributed by atoms with Crippen LogP contribution in [0.2, 0.25) is 0 Å². The molecule has 11 heteroatoms. The smallest absolute Gasteiger partial charge is 0.325 e. The topological polar surface area (TPSA) is 72.2 Å². The molecule has 0 bridgehead atoms. The van der Waals surface area contributed by atoms with Crippen molar-refractivity contribution in [3.05, 3.63) is 72.0 Å². The van der Waals surface area contributed by atoms with Crippen molar-refractivity contribution in [1.29, 1.82) is 0 Å². The molecule has 0 fully saturated rings. The number of carbonyl (C=O) groups is 1. The van der Waals surface area contributed by atoms with E-state index in [0.717, 1.165) is 17.8 Å². The van der Waals surface area contributed by atoms with Crippen LogP contribution in [0, 0.1) is 5.82 Å². The predicted octanol–water partition coefficient (Wildman–Crippen LogP) is 5.46. The first-order chi connectivity index (χ1) is 15.8. The summed E-state index contributed by atoms with van der Waals surface area (Å²) in [6, 6.07) is 13.8. The molecular weight excluding hydrogens is 458 g/mol. The Bertz CT molecular complexity index is 1290. The summed E-state index contributed by atoms with van der Waals surface area (Å²) < 4.78 is 54.5. The Morgan fingerprint density at radius 3 is 2.48 bits per heavy atom. The van der Waals surface area contributed by atoms with Gasteiger partial charge in [0.25, 0.3) is 0 Å². The van der Waals surface area contributed by atoms with E-state index in [0.29, 0.717) is 28.5 Å². The first-order valence-corrected chi connectivity index (χ1v) is 10.8. The average Bonchev–Trinajstić information content (AvgIpc) is 3.21. The van der Waals surface area contributed by atoms with Gasteiger partial charge in [-0.2, -0.15) is 22.8 Å². The van der Waals surface area contributed by atoms with Gasteiger partial charge in [0.05, 0.1) is 16.5 Å². The number of amides is 1. The highest BCUT2D eigenvalue weighted by atomic mass is 32.2. The summed E-state index contributed by atoms with van der Waals surface area (Å²) in [6.07, 6.45) is -4.23. The van der Waals surface area contributed by atoms with Crippen molar-refractivity contribution in [1.82, 2.24) is 19.8 Å². The Hall–Kier alpha value is -3.47. The number of carbonyl (C=O) groups excluding carboxylic acids is 1. The molecule has 2 aromatic carbocycles. The van der Waals surface area contributed by atoms with Crippen molar-refractivity contribution in [3.63, 3.8) is 0 Å². The minimum absolute atomic E-state index is 0.296. The van der Waals surface area contributed by atoms with Gasteiger partial charge >= 0.3 is 6.18 Å². The summed E-state index contributed by atoms with van der Waals surface area (Å²) in [4.78, 5) is 12.8. The van der Waals surface area contributed by atoms with Crippen LogP contribution in [0.3, 0.4) is 0 Å². The van der Waals surface area contributed by atoms with Crippen LogP contribution in [0.25, 0.3) is 17.0 Å². The van der Waals surface area contributed by atoms with Gasteiger partial charge in [-0.25, -0.2) is 4.39 Å². The summed E-state index contributed by atoms with van der Waals surface area (Å²) in [5, 5.41) is 14.8.